The first kappa shape index (κ1) is 20.3. The molecule has 1 atom stereocenters. The van der Waals surface area contributed by atoms with Crippen LogP contribution in [0.4, 0.5) is 0 Å². The number of likely N-dealkylation sites (tertiary alicyclic amines) is 1. The highest BCUT2D eigenvalue weighted by molar-refractivity contribution is 7.07. The number of nitrogens with zero attached hydrogens (tertiary/aromatic N) is 4. The Morgan fingerprint density at radius 3 is 2.57 bits per heavy atom. The molecule has 0 N–H and O–H groups in total. The summed E-state index contributed by atoms with van der Waals surface area (Å²) in [6.45, 7) is 12.5. The van der Waals surface area contributed by atoms with E-state index in [1.165, 1.54) is 18.4 Å². The number of rotatable bonds is 5. The molecule has 4 heterocycles. The number of ether oxygens (including phenoxy) is 1. The van der Waals surface area contributed by atoms with E-state index >= 15 is 0 Å². The Labute approximate surface area is 173 Å². The van der Waals surface area contributed by atoms with Gasteiger partial charge in [0.2, 0.25) is 5.91 Å². The van der Waals surface area contributed by atoms with Crippen LogP contribution in [-0.4, -0.2) is 103 Å². The van der Waals surface area contributed by atoms with E-state index < -0.39 is 0 Å². The van der Waals surface area contributed by atoms with Gasteiger partial charge in [-0.2, -0.15) is 11.3 Å². The van der Waals surface area contributed by atoms with Crippen molar-refractivity contribution in [1.82, 2.24) is 19.6 Å². The molecule has 1 aromatic rings. The van der Waals surface area contributed by atoms with Crippen molar-refractivity contribution in [1.29, 1.82) is 0 Å². The van der Waals surface area contributed by atoms with Gasteiger partial charge in [0.25, 0.3) is 0 Å². The lowest BCUT2D eigenvalue weighted by Gasteiger charge is -2.42. The molecule has 0 aromatic carbocycles. The number of piperazine rings is 1. The van der Waals surface area contributed by atoms with Gasteiger partial charge >= 0.3 is 0 Å². The van der Waals surface area contributed by atoms with Crippen molar-refractivity contribution >= 4 is 17.2 Å². The molecule has 7 heteroatoms. The fourth-order valence-corrected chi connectivity index (χ4v) is 5.37. The molecule has 0 saturated carbocycles. The van der Waals surface area contributed by atoms with Gasteiger partial charge in [-0.1, -0.05) is 0 Å². The molecule has 3 fully saturated rings. The fourth-order valence-electron chi connectivity index (χ4n) is 4.71. The first-order valence-corrected chi connectivity index (χ1v) is 11.7. The lowest BCUT2D eigenvalue weighted by Crippen LogP contribution is -2.54. The van der Waals surface area contributed by atoms with Gasteiger partial charge in [0.05, 0.1) is 19.3 Å². The summed E-state index contributed by atoms with van der Waals surface area (Å²) >= 11 is 1.76. The molecule has 4 rings (SSSR count). The molecule has 0 radical (unpaired) electrons. The minimum Gasteiger partial charge on any atom is -0.376 e. The number of amides is 1. The highest BCUT2D eigenvalue weighted by Gasteiger charge is 2.29. The number of carbonyl (C=O) groups is 1. The molecule has 3 aliphatic heterocycles. The van der Waals surface area contributed by atoms with Crippen molar-refractivity contribution in [2.45, 2.75) is 38.5 Å². The van der Waals surface area contributed by atoms with Gasteiger partial charge in [0.1, 0.15) is 0 Å². The Morgan fingerprint density at radius 2 is 1.89 bits per heavy atom. The quantitative estimate of drug-likeness (QED) is 0.742. The topological polar surface area (TPSA) is 39.3 Å². The average Bonchev–Trinajstić information content (AvgIpc) is 3.22. The number of carbonyl (C=O) groups excluding carboxylic acids is 1. The van der Waals surface area contributed by atoms with Crippen LogP contribution in [0.15, 0.2) is 16.8 Å². The maximum Gasteiger partial charge on any atom is 0.236 e. The third-order valence-corrected chi connectivity index (χ3v) is 7.15. The number of hydrogen-bond acceptors (Lipinski definition) is 6. The molecule has 1 aromatic heterocycles. The molecular formula is C21H34N4O2S. The van der Waals surface area contributed by atoms with Crippen LogP contribution in [0.5, 0.6) is 0 Å². The summed E-state index contributed by atoms with van der Waals surface area (Å²) in [6, 6.07) is 2.86. The summed E-state index contributed by atoms with van der Waals surface area (Å²) in [4.78, 5) is 22.2. The second-order valence-electron chi connectivity index (χ2n) is 8.47. The Morgan fingerprint density at radius 1 is 1.11 bits per heavy atom. The molecule has 0 spiro atoms. The summed E-state index contributed by atoms with van der Waals surface area (Å²) in [7, 11) is 0. The van der Waals surface area contributed by atoms with E-state index in [9.17, 15) is 4.79 Å². The van der Waals surface area contributed by atoms with Gasteiger partial charge in [-0.25, -0.2) is 0 Å². The molecule has 3 saturated heterocycles. The Bertz CT molecular complexity index is 610. The lowest BCUT2D eigenvalue weighted by atomic mass is 10.0. The maximum atomic E-state index is 12.8. The second kappa shape index (κ2) is 9.67. The number of thiophene rings is 1. The van der Waals surface area contributed by atoms with Crippen molar-refractivity contribution < 1.29 is 9.53 Å². The van der Waals surface area contributed by atoms with E-state index in [2.05, 4.69) is 43.3 Å². The van der Waals surface area contributed by atoms with Crippen molar-refractivity contribution in [2.24, 2.45) is 0 Å². The second-order valence-corrected chi connectivity index (χ2v) is 9.25. The van der Waals surface area contributed by atoms with E-state index in [0.29, 0.717) is 24.6 Å². The minimum absolute atomic E-state index is 0.314. The molecular weight excluding hydrogens is 372 g/mol. The monoisotopic (exact) mass is 406 g/mol. The SMILES string of the molecule is CC1CN(C2CCN(CC(=O)N3CCN(Cc4ccsc4)CC3)CC2)CCO1. The minimum atomic E-state index is 0.314. The third-order valence-electron chi connectivity index (χ3n) is 6.42. The zero-order valence-corrected chi connectivity index (χ0v) is 17.9. The van der Waals surface area contributed by atoms with E-state index in [1.807, 2.05) is 0 Å². The normalized spacial score (nSPS) is 26.6. The van der Waals surface area contributed by atoms with Crippen LogP contribution in [-0.2, 0) is 16.1 Å². The average molecular weight is 407 g/mol. The predicted molar refractivity (Wildman–Crippen MR) is 113 cm³/mol. The number of piperidine rings is 1. The van der Waals surface area contributed by atoms with Crippen LogP contribution in [0.3, 0.4) is 0 Å². The van der Waals surface area contributed by atoms with E-state index in [0.717, 1.165) is 65.5 Å². The lowest BCUT2D eigenvalue weighted by molar-refractivity contribution is -0.134. The van der Waals surface area contributed by atoms with Crippen LogP contribution in [0, 0.1) is 0 Å². The van der Waals surface area contributed by atoms with Gasteiger partial charge in [-0.05, 0) is 42.2 Å². The highest BCUT2D eigenvalue weighted by atomic mass is 32.1. The van der Waals surface area contributed by atoms with Gasteiger partial charge in [-0.3, -0.25) is 19.5 Å². The van der Waals surface area contributed by atoms with E-state index in [-0.39, 0.29) is 0 Å². The predicted octanol–water partition coefficient (Wildman–Crippen LogP) is 1.58. The molecule has 0 bridgehead atoms. The third kappa shape index (κ3) is 5.33. The van der Waals surface area contributed by atoms with Gasteiger partial charge in [0, 0.05) is 64.9 Å². The van der Waals surface area contributed by atoms with Gasteiger partial charge in [-0.15, -0.1) is 0 Å². The molecule has 0 aliphatic carbocycles. The number of hydrogen-bond donors (Lipinski definition) is 0. The zero-order valence-electron chi connectivity index (χ0n) is 17.1. The summed E-state index contributed by atoms with van der Waals surface area (Å²) < 4.78 is 5.67. The van der Waals surface area contributed by atoms with Crippen molar-refractivity contribution in [3.63, 3.8) is 0 Å². The first-order chi connectivity index (χ1) is 13.7. The smallest absolute Gasteiger partial charge is 0.236 e. The molecule has 6 nitrogen and oxygen atoms in total. The van der Waals surface area contributed by atoms with Crippen molar-refractivity contribution in [3.8, 4) is 0 Å². The van der Waals surface area contributed by atoms with E-state index in [1.54, 1.807) is 11.3 Å². The first-order valence-electron chi connectivity index (χ1n) is 10.8. The number of morpholine rings is 1. The molecule has 1 unspecified atom stereocenters. The largest absolute Gasteiger partial charge is 0.376 e. The van der Waals surface area contributed by atoms with Crippen LogP contribution in [0.1, 0.15) is 25.3 Å². The summed E-state index contributed by atoms with van der Waals surface area (Å²) in [5.74, 6) is 0.314. The van der Waals surface area contributed by atoms with Gasteiger partial charge in [0.15, 0.2) is 0 Å². The van der Waals surface area contributed by atoms with Crippen LogP contribution >= 0.6 is 11.3 Å². The van der Waals surface area contributed by atoms with E-state index in [4.69, 9.17) is 4.74 Å². The summed E-state index contributed by atoms with van der Waals surface area (Å²) in [6.07, 6.45) is 2.70. The Hall–Kier alpha value is -0.990. The fraction of sp³-hybridized carbons (Fsp3) is 0.762. The summed E-state index contributed by atoms with van der Waals surface area (Å²) in [5.41, 5.74) is 1.39. The molecule has 28 heavy (non-hydrogen) atoms. The maximum absolute atomic E-state index is 12.8. The van der Waals surface area contributed by atoms with Crippen molar-refractivity contribution in [3.05, 3.63) is 22.4 Å². The Kier molecular flexibility index (Phi) is 7.01. The molecule has 3 aliphatic rings. The summed E-state index contributed by atoms with van der Waals surface area (Å²) in [5, 5.41) is 4.36. The standard InChI is InChI=1S/C21H34N4O2S/c1-18-14-25(11-12-27-18)20-2-5-22(6-3-20)16-21(26)24-9-7-23(8-10-24)15-19-4-13-28-17-19/h4,13,17-18,20H,2-3,5-12,14-16H2,1H3. The molecule has 156 valence electrons. The zero-order chi connectivity index (χ0) is 19.3. The molecule has 1 amide bonds. The Balaban J connectivity index is 1.16. The highest BCUT2D eigenvalue weighted by Crippen LogP contribution is 2.19. The van der Waals surface area contributed by atoms with Crippen LogP contribution in [0.2, 0.25) is 0 Å². The van der Waals surface area contributed by atoms with Crippen LogP contribution in [0.25, 0.3) is 0 Å². The van der Waals surface area contributed by atoms with Crippen LogP contribution < -0.4 is 0 Å². The van der Waals surface area contributed by atoms with Gasteiger partial charge < -0.3 is 9.64 Å². The van der Waals surface area contributed by atoms with Crippen molar-refractivity contribution in [2.75, 3.05) is 65.5 Å².